The molecule has 0 spiro atoms. The first-order valence-corrected chi connectivity index (χ1v) is 4.91. The molecule has 0 aromatic carbocycles. The maximum atomic E-state index is 5.86. The van der Waals surface area contributed by atoms with E-state index in [0.717, 1.165) is 13.1 Å². The monoisotopic (exact) mass is 170 g/mol. The highest BCUT2D eigenvalue weighted by Gasteiger charge is 2.31. The molecule has 0 heterocycles. The Morgan fingerprint density at radius 2 is 2.00 bits per heavy atom. The Labute approximate surface area is 75.9 Å². The Kier molecular flexibility index (Phi) is 2.79. The van der Waals surface area contributed by atoms with Gasteiger partial charge in [-0.1, -0.05) is 13.3 Å². The lowest BCUT2D eigenvalue weighted by atomic mass is 9.70. The molecule has 2 heteroatoms. The fourth-order valence-electron chi connectivity index (χ4n) is 1.64. The molecular weight excluding hydrogens is 148 g/mol. The van der Waals surface area contributed by atoms with Gasteiger partial charge in [-0.2, -0.15) is 0 Å². The first kappa shape index (κ1) is 10.0. The van der Waals surface area contributed by atoms with Crippen LogP contribution in [0.1, 0.15) is 40.0 Å². The second-order valence-electron chi connectivity index (χ2n) is 5.26. The van der Waals surface area contributed by atoms with Gasteiger partial charge in [-0.05, 0) is 32.1 Å². The molecule has 0 atom stereocenters. The third kappa shape index (κ3) is 3.11. The summed E-state index contributed by atoms with van der Waals surface area (Å²) in [6, 6.07) is 0. The van der Waals surface area contributed by atoms with Crippen molar-refractivity contribution in [1.82, 2.24) is 5.32 Å². The van der Waals surface area contributed by atoms with Gasteiger partial charge in [0, 0.05) is 18.6 Å². The molecule has 1 rings (SSSR count). The van der Waals surface area contributed by atoms with Crippen molar-refractivity contribution in [2.75, 3.05) is 13.1 Å². The Bertz CT molecular complexity index is 142. The molecule has 1 aliphatic rings. The Balaban J connectivity index is 2.10. The van der Waals surface area contributed by atoms with Crippen molar-refractivity contribution >= 4 is 0 Å². The average molecular weight is 170 g/mol. The highest BCUT2D eigenvalue weighted by molar-refractivity contribution is 4.86. The minimum atomic E-state index is -0.0693. The van der Waals surface area contributed by atoms with E-state index >= 15 is 0 Å². The Morgan fingerprint density at radius 1 is 1.42 bits per heavy atom. The molecule has 2 nitrogen and oxygen atoms in total. The first-order chi connectivity index (χ1) is 5.41. The molecule has 1 saturated carbocycles. The fourth-order valence-corrected chi connectivity index (χ4v) is 1.64. The van der Waals surface area contributed by atoms with Gasteiger partial charge in [-0.25, -0.2) is 0 Å². The third-order valence-electron chi connectivity index (χ3n) is 2.69. The highest BCUT2D eigenvalue weighted by Crippen LogP contribution is 2.39. The Hall–Kier alpha value is -0.0800. The van der Waals surface area contributed by atoms with Crippen LogP contribution < -0.4 is 11.1 Å². The van der Waals surface area contributed by atoms with Crippen LogP contribution in [0.2, 0.25) is 0 Å². The maximum Gasteiger partial charge on any atom is 0.0223 e. The topological polar surface area (TPSA) is 38.0 Å². The SMILES string of the molecule is CC(C)(N)CNCC1(C)CCC1. The lowest BCUT2D eigenvalue weighted by molar-refractivity contribution is 0.154. The lowest BCUT2D eigenvalue weighted by Gasteiger charge is -2.39. The van der Waals surface area contributed by atoms with Crippen molar-refractivity contribution in [1.29, 1.82) is 0 Å². The maximum absolute atomic E-state index is 5.86. The van der Waals surface area contributed by atoms with Crippen LogP contribution in [-0.4, -0.2) is 18.6 Å². The van der Waals surface area contributed by atoms with E-state index in [1.807, 2.05) is 0 Å². The molecule has 12 heavy (non-hydrogen) atoms. The van der Waals surface area contributed by atoms with Gasteiger partial charge in [0.1, 0.15) is 0 Å². The third-order valence-corrected chi connectivity index (χ3v) is 2.69. The number of hydrogen-bond donors (Lipinski definition) is 2. The molecule has 3 N–H and O–H groups in total. The van der Waals surface area contributed by atoms with Gasteiger partial charge >= 0.3 is 0 Å². The van der Waals surface area contributed by atoms with Gasteiger partial charge in [-0.3, -0.25) is 0 Å². The summed E-state index contributed by atoms with van der Waals surface area (Å²) in [7, 11) is 0. The largest absolute Gasteiger partial charge is 0.324 e. The summed E-state index contributed by atoms with van der Waals surface area (Å²) < 4.78 is 0. The first-order valence-electron chi connectivity index (χ1n) is 4.91. The van der Waals surface area contributed by atoms with Crippen molar-refractivity contribution in [2.24, 2.45) is 11.1 Å². The molecule has 1 aliphatic carbocycles. The minimum absolute atomic E-state index is 0.0693. The van der Waals surface area contributed by atoms with Crippen LogP contribution in [0.5, 0.6) is 0 Å². The summed E-state index contributed by atoms with van der Waals surface area (Å²) in [5.41, 5.74) is 6.37. The average Bonchev–Trinajstić information content (AvgIpc) is 1.81. The zero-order chi connectivity index (χ0) is 9.24. The summed E-state index contributed by atoms with van der Waals surface area (Å²) in [5.74, 6) is 0. The van der Waals surface area contributed by atoms with Gasteiger partial charge in [0.25, 0.3) is 0 Å². The van der Waals surface area contributed by atoms with E-state index in [4.69, 9.17) is 5.73 Å². The van der Waals surface area contributed by atoms with E-state index in [2.05, 4.69) is 26.1 Å². The standard InChI is InChI=1S/C10H22N2/c1-9(2,11)7-12-8-10(3)5-4-6-10/h12H,4-8,11H2,1-3H3. The van der Waals surface area contributed by atoms with Crippen molar-refractivity contribution < 1.29 is 0 Å². The lowest BCUT2D eigenvalue weighted by Crippen LogP contribution is -2.47. The summed E-state index contributed by atoms with van der Waals surface area (Å²) in [6.45, 7) is 8.52. The van der Waals surface area contributed by atoms with E-state index in [-0.39, 0.29) is 5.54 Å². The molecule has 0 aromatic rings. The van der Waals surface area contributed by atoms with Gasteiger partial charge in [0.05, 0.1) is 0 Å². The number of nitrogens with two attached hydrogens (primary N) is 1. The molecule has 0 aromatic heterocycles. The highest BCUT2D eigenvalue weighted by atomic mass is 14.9. The molecule has 0 saturated heterocycles. The predicted octanol–water partition coefficient (Wildman–Crippen LogP) is 1.50. The van der Waals surface area contributed by atoms with Crippen molar-refractivity contribution in [3.63, 3.8) is 0 Å². The molecule has 1 fully saturated rings. The molecule has 0 aliphatic heterocycles. The van der Waals surface area contributed by atoms with Crippen LogP contribution in [0, 0.1) is 5.41 Å². The second kappa shape index (κ2) is 3.35. The molecule has 72 valence electrons. The molecule has 0 unspecified atom stereocenters. The van der Waals surface area contributed by atoms with Gasteiger partial charge in [0.2, 0.25) is 0 Å². The zero-order valence-corrected chi connectivity index (χ0v) is 8.61. The normalized spacial score (nSPS) is 22.0. The van der Waals surface area contributed by atoms with Gasteiger partial charge in [-0.15, -0.1) is 0 Å². The van der Waals surface area contributed by atoms with Crippen LogP contribution in [-0.2, 0) is 0 Å². The number of rotatable bonds is 4. The number of nitrogens with one attached hydrogen (secondary N) is 1. The van der Waals surface area contributed by atoms with E-state index in [1.54, 1.807) is 0 Å². The van der Waals surface area contributed by atoms with Gasteiger partial charge in [0.15, 0.2) is 0 Å². The van der Waals surface area contributed by atoms with Crippen LogP contribution in [0.4, 0.5) is 0 Å². The Morgan fingerprint density at radius 3 is 2.33 bits per heavy atom. The van der Waals surface area contributed by atoms with Crippen LogP contribution in [0.25, 0.3) is 0 Å². The fraction of sp³-hybridized carbons (Fsp3) is 1.00. The second-order valence-corrected chi connectivity index (χ2v) is 5.26. The van der Waals surface area contributed by atoms with Crippen LogP contribution >= 0.6 is 0 Å². The molecular formula is C10H22N2. The van der Waals surface area contributed by atoms with E-state index in [1.165, 1.54) is 19.3 Å². The van der Waals surface area contributed by atoms with Gasteiger partial charge < -0.3 is 11.1 Å². The molecule has 0 amide bonds. The van der Waals surface area contributed by atoms with Crippen molar-refractivity contribution in [2.45, 2.75) is 45.6 Å². The summed E-state index contributed by atoms with van der Waals surface area (Å²) >= 11 is 0. The molecule has 0 radical (unpaired) electrons. The van der Waals surface area contributed by atoms with Crippen LogP contribution in [0.3, 0.4) is 0 Å². The van der Waals surface area contributed by atoms with E-state index in [9.17, 15) is 0 Å². The van der Waals surface area contributed by atoms with Crippen LogP contribution in [0.15, 0.2) is 0 Å². The number of hydrogen-bond acceptors (Lipinski definition) is 2. The summed E-state index contributed by atoms with van der Waals surface area (Å²) in [6.07, 6.45) is 4.17. The zero-order valence-electron chi connectivity index (χ0n) is 8.61. The van der Waals surface area contributed by atoms with Crippen molar-refractivity contribution in [3.05, 3.63) is 0 Å². The smallest absolute Gasteiger partial charge is 0.0223 e. The minimum Gasteiger partial charge on any atom is -0.324 e. The predicted molar refractivity (Wildman–Crippen MR) is 53.1 cm³/mol. The summed E-state index contributed by atoms with van der Waals surface area (Å²) in [5, 5.41) is 3.44. The van der Waals surface area contributed by atoms with E-state index in [0.29, 0.717) is 5.41 Å². The van der Waals surface area contributed by atoms with Crippen molar-refractivity contribution in [3.8, 4) is 0 Å². The quantitative estimate of drug-likeness (QED) is 0.671. The molecule has 0 bridgehead atoms. The summed E-state index contributed by atoms with van der Waals surface area (Å²) in [4.78, 5) is 0. The van der Waals surface area contributed by atoms with E-state index < -0.39 is 0 Å².